The predicted molar refractivity (Wildman–Crippen MR) is 230 cm³/mol. The van der Waals surface area contributed by atoms with E-state index in [0.29, 0.717) is 17.8 Å². The zero-order chi connectivity index (χ0) is 41.2. The van der Waals surface area contributed by atoms with Gasteiger partial charge in [0, 0.05) is 6.42 Å². The molecule has 0 aromatic heterocycles. The Labute approximate surface area is 349 Å². The standard InChI is InChI=1S/C50H88O7/c1-8-9-10-11-12-13-14-15-16-17-18-19-20-21-44(51)55-33-43-45(52)46(53)47(54)48(57-43)56-38-28-30-49(6)37(32-38)24-25-39-41-27-26-40(50(41,7)31-29-42(39)49)36(5)23-22-35(4)34(2)3/h24,34-36,38-43,45-48,52-54H,8-23,25-33H2,1-7H3/t35-,36-,38+,39?,40?,41?,42?,43?,45?,46?,47?,48?,49+,50?/m1/s1. The van der Waals surface area contributed by atoms with E-state index >= 15 is 0 Å². The molecular formula is C50H88O7. The average Bonchev–Trinajstić information content (AvgIpc) is 3.55. The number of carbonyl (C=O) groups excluding carboxylic acids is 1. The molecule has 10 unspecified atom stereocenters. The van der Waals surface area contributed by atoms with Crippen LogP contribution in [0.3, 0.4) is 0 Å². The Bertz CT molecular complexity index is 1230. The van der Waals surface area contributed by atoms with Crippen molar-refractivity contribution in [2.24, 2.45) is 52.3 Å². The van der Waals surface area contributed by atoms with E-state index in [1.807, 2.05) is 0 Å². The third-order valence-electron chi connectivity index (χ3n) is 16.9. The van der Waals surface area contributed by atoms with Crippen LogP contribution in [0.15, 0.2) is 11.6 Å². The van der Waals surface area contributed by atoms with Crippen LogP contribution < -0.4 is 0 Å². The Balaban J connectivity index is 1.04. The minimum absolute atomic E-state index is 0.138. The van der Waals surface area contributed by atoms with Gasteiger partial charge >= 0.3 is 5.97 Å². The molecule has 14 atom stereocenters. The average molecular weight is 801 g/mol. The van der Waals surface area contributed by atoms with E-state index in [2.05, 4.69) is 54.5 Å². The lowest BCUT2D eigenvalue weighted by Gasteiger charge is -2.58. The van der Waals surface area contributed by atoms with Crippen molar-refractivity contribution in [3.05, 3.63) is 11.6 Å². The molecule has 4 aliphatic carbocycles. The first-order valence-electron chi connectivity index (χ1n) is 24.5. The highest BCUT2D eigenvalue weighted by Crippen LogP contribution is 2.67. The monoisotopic (exact) mass is 801 g/mol. The lowest BCUT2D eigenvalue weighted by molar-refractivity contribution is -0.313. The van der Waals surface area contributed by atoms with E-state index in [1.54, 1.807) is 0 Å². The molecule has 57 heavy (non-hydrogen) atoms. The summed E-state index contributed by atoms with van der Waals surface area (Å²) in [6.07, 6.45) is 24.8. The van der Waals surface area contributed by atoms with Crippen LogP contribution >= 0.6 is 0 Å². The van der Waals surface area contributed by atoms with E-state index in [0.717, 1.165) is 80.5 Å². The molecule has 3 N–H and O–H groups in total. The molecule has 0 aromatic rings. The van der Waals surface area contributed by atoms with E-state index in [-0.39, 0.29) is 24.1 Å². The fourth-order valence-corrected chi connectivity index (χ4v) is 12.7. The second-order valence-corrected chi connectivity index (χ2v) is 21.0. The number of fused-ring (bicyclic) bond motifs is 5. The molecule has 5 rings (SSSR count). The molecule has 1 saturated heterocycles. The molecule has 4 fully saturated rings. The topological polar surface area (TPSA) is 105 Å². The first-order chi connectivity index (χ1) is 27.3. The van der Waals surface area contributed by atoms with Crippen LogP contribution in [0.5, 0.6) is 0 Å². The molecule has 0 aromatic carbocycles. The Hall–Kier alpha value is -0.990. The number of hydrogen-bond donors (Lipinski definition) is 3. The summed E-state index contributed by atoms with van der Waals surface area (Å²) in [5.41, 5.74) is 2.13. The quantitative estimate of drug-likeness (QED) is 0.0537. The van der Waals surface area contributed by atoms with Crippen molar-refractivity contribution in [3.8, 4) is 0 Å². The van der Waals surface area contributed by atoms with E-state index in [4.69, 9.17) is 14.2 Å². The van der Waals surface area contributed by atoms with Gasteiger partial charge in [-0.05, 0) is 110 Å². The maximum Gasteiger partial charge on any atom is 0.305 e. The number of ether oxygens (including phenoxy) is 3. The van der Waals surface area contributed by atoms with Gasteiger partial charge in [-0.3, -0.25) is 4.79 Å². The van der Waals surface area contributed by atoms with Gasteiger partial charge < -0.3 is 29.5 Å². The van der Waals surface area contributed by atoms with Gasteiger partial charge in [0.25, 0.3) is 0 Å². The highest BCUT2D eigenvalue weighted by molar-refractivity contribution is 5.69. The molecule has 1 heterocycles. The molecular weight excluding hydrogens is 713 g/mol. The van der Waals surface area contributed by atoms with Gasteiger partial charge in [0.2, 0.25) is 0 Å². The molecule has 0 bridgehead atoms. The maximum atomic E-state index is 12.6. The molecule has 0 radical (unpaired) electrons. The van der Waals surface area contributed by atoms with Gasteiger partial charge in [0.15, 0.2) is 6.29 Å². The normalized spacial score (nSPS) is 37.6. The van der Waals surface area contributed by atoms with E-state index < -0.39 is 30.7 Å². The third-order valence-corrected chi connectivity index (χ3v) is 16.9. The SMILES string of the molecule is CCCCCCCCCCCCCCCC(=O)OCC1OC(O[C@H]2CC[C@@]3(C)C(=CCC4C5CCC([C@H](C)CC[C@@H](C)C(C)C)C5(C)CCC43)C2)C(O)C(O)C1O. The minimum atomic E-state index is -1.44. The second kappa shape index (κ2) is 22.2. The zero-order valence-electron chi connectivity index (χ0n) is 37.7. The summed E-state index contributed by atoms with van der Waals surface area (Å²) in [4.78, 5) is 12.6. The number of rotatable bonds is 23. The van der Waals surface area contributed by atoms with Crippen LogP contribution in [0, 0.1) is 52.3 Å². The van der Waals surface area contributed by atoms with Gasteiger partial charge in [0.1, 0.15) is 31.0 Å². The second-order valence-electron chi connectivity index (χ2n) is 21.0. The molecule has 7 heteroatoms. The molecule has 7 nitrogen and oxygen atoms in total. The van der Waals surface area contributed by atoms with Gasteiger partial charge in [-0.15, -0.1) is 0 Å². The Morgan fingerprint density at radius 3 is 2.09 bits per heavy atom. The number of esters is 1. The maximum absolute atomic E-state index is 12.6. The molecule has 330 valence electrons. The Kier molecular flexibility index (Phi) is 18.3. The summed E-state index contributed by atoms with van der Waals surface area (Å²) < 4.78 is 18.0. The van der Waals surface area contributed by atoms with Gasteiger partial charge in [-0.25, -0.2) is 0 Å². The largest absolute Gasteiger partial charge is 0.463 e. The van der Waals surface area contributed by atoms with E-state index in [9.17, 15) is 20.1 Å². The molecule has 0 amide bonds. The summed E-state index contributed by atoms with van der Waals surface area (Å²) >= 11 is 0. The molecule has 0 spiro atoms. The van der Waals surface area contributed by atoms with Crippen molar-refractivity contribution in [1.29, 1.82) is 0 Å². The van der Waals surface area contributed by atoms with Crippen LogP contribution in [0.1, 0.15) is 203 Å². The molecule has 5 aliphatic rings. The number of aliphatic hydroxyl groups excluding tert-OH is 3. The summed E-state index contributed by atoms with van der Waals surface area (Å²) in [7, 11) is 0. The molecule has 3 saturated carbocycles. The lowest BCUT2D eigenvalue weighted by atomic mass is 9.47. The number of allylic oxidation sites excluding steroid dienone is 1. The summed E-state index contributed by atoms with van der Waals surface area (Å²) in [6.45, 7) is 17.0. The number of aliphatic hydroxyl groups is 3. The first-order valence-corrected chi connectivity index (χ1v) is 24.5. The third kappa shape index (κ3) is 11.9. The van der Waals surface area contributed by atoms with Gasteiger partial charge in [0.05, 0.1) is 6.10 Å². The first kappa shape index (κ1) is 47.1. The van der Waals surface area contributed by atoms with Crippen LogP contribution in [0.25, 0.3) is 0 Å². The van der Waals surface area contributed by atoms with Crippen LogP contribution in [0.4, 0.5) is 0 Å². The summed E-state index contributed by atoms with van der Waals surface area (Å²) in [5.74, 6) is 5.17. The van der Waals surface area contributed by atoms with Crippen molar-refractivity contribution in [1.82, 2.24) is 0 Å². The number of carbonyl (C=O) groups is 1. The highest BCUT2D eigenvalue weighted by atomic mass is 16.7. The fourth-order valence-electron chi connectivity index (χ4n) is 12.7. The fraction of sp³-hybridized carbons (Fsp3) is 0.940. The van der Waals surface area contributed by atoms with Crippen molar-refractivity contribution >= 4 is 5.97 Å². The zero-order valence-corrected chi connectivity index (χ0v) is 37.7. The smallest absolute Gasteiger partial charge is 0.305 e. The van der Waals surface area contributed by atoms with Crippen molar-refractivity contribution in [2.75, 3.05) is 6.61 Å². The lowest BCUT2D eigenvalue weighted by Crippen LogP contribution is -2.60. The molecule has 1 aliphatic heterocycles. The van der Waals surface area contributed by atoms with Gasteiger partial charge in [-0.1, -0.05) is 150 Å². The Morgan fingerprint density at radius 2 is 1.44 bits per heavy atom. The Morgan fingerprint density at radius 1 is 0.789 bits per heavy atom. The van der Waals surface area contributed by atoms with E-state index in [1.165, 1.54) is 108 Å². The van der Waals surface area contributed by atoms with Crippen LogP contribution in [0.2, 0.25) is 0 Å². The predicted octanol–water partition coefficient (Wildman–Crippen LogP) is 11.5. The van der Waals surface area contributed by atoms with Crippen LogP contribution in [-0.2, 0) is 19.0 Å². The van der Waals surface area contributed by atoms with Gasteiger partial charge in [-0.2, -0.15) is 0 Å². The number of unbranched alkanes of at least 4 members (excludes halogenated alkanes) is 12. The van der Waals surface area contributed by atoms with Crippen LogP contribution in [-0.4, -0.2) is 64.7 Å². The minimum Gasteiger partial charge on any atom is -0.463 e. The summed E-state index contributed by atoms with van der Waals surface area (Å²) in [5, 5.41) is 32.5. The van der Waals surface area contributed by atoms with Crippen molar-refractivity contribution in [2.45, 2.75) is 239 Å². The number of hydrogen-bond acceptors (Lipinski definition) is 7. The highest BCUT2D eigenvalue weighted by Gasteiger charge is 2.59. The van der Waals surface area contributed by atoms with Crippen molar-refractivity contribution < 1.29 is 34.3 Å². The summed E-state index contributed by atoms with van der Waals surface area (Å²) in [6, 6.07) is 0. The van der Waals surface area contributed by atoms with Crippen molar-refractivity contribution in [3.63, 3.8) is 0 Å².